The summed E-state index contributed by atoms with van der Waals surface area (Å²) in [6.45, 7) is 1.96. The van der Waals surface area contributed by atoms with Crippen LogP contribution in [-0.4, -0.2) is 17.2 Å². The minimum absolute atomic E-state index is 0.109. The maximum absolute atomic E-state index is 12.0. The van der Waals surface area contributed by atoms with E-state index in [-0.39, 0.29) is 11.7 Å². The first-order valence-electron chi connectivity index (χ1n) is 7.36. The molecule has 0 aliphatic carbocycles. The summed E-state index contributed by atoms with van der Waals surface area (Å²) in [5.74, 6) is -0.188. The molecule has 2 N–H and O–H groups in total. The van der Waals surface area contributed by atoms with E-state index in [1.54, 1.807) is 18.2 Å². The zero-order valence-corrected chi connectivity index (χ0v) is 14.5. The molecule has 0 bridgehead atoms. The molecule has 24 heavy (non-hydrogen) atoms. The highest BCUT2D eigenvalue weighted by Crippen LogP contribution is 2.27. The number of nitrogens with one attached hydrogen (secondary N) is 1. The van der Waals surface area contributed by atoms with Crippen molar-refractivity contribution in [3.8, 4) is 5.75 Å². The number of hydrogen-bond acceptors (Lipinski definition) is 3. The Balaban J connectivity index is 1.84. The normalized spacial score (nSPS) is 11.1. The maximum atomic E-state index is 12.0. The molecule has 0 spiro atoms. The minimum Gasteiger partial charge on any atom is -0.507 e. The van der Waals surface area contributed by atoms with Crippen molar-refractivity contribution in [3.63, 3.8) is 0 Å². The molecule has 0 atom stereocenters. The van der Waals surface area contributed by atoms with E-state index in [0.717, 1.165) is 20.8 Å². The lowest BCUT2D eigenvalue weighted by atomic mass is 10.0. The van der Waals surface area contributed by atoms with Gasteiger partial charge < -0.3 is 5.11 Å². The predicted octanol–water partition coefficient (Wildman–Crippen LogP) is 4.38. The number of fused-ring (bicyclic) bond motifs is 1. The van der Waals surface area contributed by atoms with Crippen LogP contribution in [0, 0.1) is 6.92 Å². The lowest BCUT2D eigenvalue weighted by Crippen LogP contribution is -2.17. The summed E-state index contributed by atoms with van der Waals surface area (Å²) >= 11 is 3.42. The van der Waals surface area contributed by atoms with E-state index < -0.39 is 0 Å². The highest BCUT2D eigenvalue weighted by molar-refractivity contribution is 9.10. The third-order valence-electron chi connectivity index (χ3n) is 3.67. The zero-order valence-electron chi connectivity index (χ0n) is 13.0. The van der Waals surface area contributed by atoms with Crippen LogP contribution in [0.15, 0.2) is 64.2 Å². The van der Waals surface area contributed by atoms with Crippen LogP contribution in [0.1, 0.15) is 21.5 Å². The van der Waals surface area contributed by atoms with Gasteiger partial charge in [0.05, 0.1) is 6.21 Å². The Kier molecular flexibility index (Phi) is 4.62. The smallest absolute Gasteiger partial charge is 0.271 e. The monoisotopic (exact) mass is 382 g/mol. The van der Waals surface area contributed by atoms with E-state index in [0.29, 0.717) is 11.1 Å². The van der Waals surface area contributed by atoms with Gasteiger partial charge in [0.2, 0.25) is 0 Å². The lowest BCUT2D eigenvalue weighted by Gasteiger charge is -2.06. The summed E-state index contributed by atoms with van der Waals surface area (Å²) in [5.41, 5.74) is 4.66. The highest BCUT2D eigenvalue weighted by Gasteiger charge is 2.06. The van der Waals surface area contributed by atoms with Gasteiger partial charge in [0.25, 0.3) is 5.91 Å². The number of carbonyl (C=O) groups excluding carboxylic acids is 1. The van der Waals surface area contributed by atoms with Crippen molar-refractivity contribution in [2.24, 2.45) is 5.10 Å². The van der Waals surface area contributed by atoms with Crippen molar-refractivity contribution in [2.45, 2.75) is 6.92 Å². The summed E-state index contributed by atoms with van der Waals surface area (Å²) in [4.78, 5) is 12.0. The Bertz CT molecular complexity index is 934. The van der Waals surface area contributed by atoms with Gasteiger partial charge in [-0.2, -0.15) is 5.10 Å². The number of phenolic OH excluding ortho intramolecular Hbond substituents is 1. The molecule has 3 aromatic rings. The molecule has 0 radical (unpaired) electrons. The maximum Gasteiger partial charge on any atom is 0.271 e. The van der Waals surface area contributed by atoms with E-state index >= 15 is 0 Å². The number of carbonyl (C=O) groups is 1. The number of benzene rings is 3. The fourth-order valence-corrected chi connectivity index (χ4v) is 2.75. The molecule has 0 aliphatic rings. The van der Waals surface area contributed by atoms with Crippen molar-refractivity contribution in [2.75, 3.05) is 0 Å². The summed E-state index contributed by atoms with van der Waals surface area (Å²) < 4.78 is 0.955. The second-order valence-electron chi connectivity index (χ2n) is 5.43. The van der Waals surface area contributed by atoms with Gasteiger partial charge in [0.1, 0.15) is 5.75 Å². The van der Waals surface area contributed by atoms with E-state index in [1.807, 2.05) is 43.3 Å². The van der Waals surface area contributed by atoms with Crippen LogP contribution in [-0.2, 0) is 0 Å². The van der Waals surface area contributed by atoms with Gasteiger partial charge in [0, 0.05) is 15.6 Å². The first-order chi connectivity index (χ1) is 11.5. The summed E-state index contributed by atoms with van der Waals surface area (Å²) in [6, 6.07) is 16.4. The van der Waals surface area contributed by atoms with Crippen molar-refractivity contribution in [1.82, 2.24) is 5.43 Å². The Hall–Kier alpha value is -2.66. The molecule has 0 saturated carbocycles. The van der Waals surface area contributed by atoms with Gasteiger partial charge in [-0.05, 0) is 48.0 Å². The number of halogens is 1. The van der Waals surface area contributed by atoms with Gasteiger partial charge in [-0.25, -0.2) is 5.43 Å². The van der Waals surface area contributed by atoms with Gasteiger partial charge in [0.15, 0.2) is 0 Å². The molecule has 0 fully saturated rings. The highest BCUT2D eigenvalue weighted by atomic mass is 79.9. The summed E-state index contributed by atoms with van der Waals surface area (Å²) in [6.07, 6.45) is 1.46. The lowest BCUT2D eigenvalue weighted by molar-refractivity contribution is 0.0955. The van der Waals surface area contributed by atoms with Crippen molar-refractivity contribution in [3.05, 3.63) is 75.8 Å². The van der Waals surface area contributed by atoms with Crippen LogP contribution < -0.4 is 5.43 Å². The molecule has 1 amide bonds. The largest absolute Gasteiger partial charge is 0.507 e. The second kappa shape index (κ2) is 6.84. The van der Waals surface area contributed by atoms with Crippen LogP contribution in [0.5, 0.6) is 5.75 Å². The third kappa shape index (κ3) is 3.46. The number of phenols is 1. The average Bonchev–Trinajstić information content (AvgIpc) is 2.57. The summed E-state index contributed by atoms with van der Waals surface area (Å²) in [5, 5.41) is 15.9. The number of aryl methyl sites for hydroxylation is 1. The molecule has 3 aromatic carbocycles. The number of nitrogens with zero attached hydrogens (tertiary/aromatic N) is 1. The average molecular weight is 383 g/mol. The number of hydrogen-bond donors (Lipinski definition) is 2. The van der Waals surface area contributed by atoms with Gasteiger partial charge in [-0.1, -0.05) is 45.8 Å². The SMILES string of the molecule is Cc1ccc(C(=O)N/N=C\c2c(O)ccc3cc(Br)ccc23)cc1. The molecule has 0 saturated heterocycles. The zero-order chi connectivity index (χ0) is 17.1. The van der Waals surface area contributed by atoms with Gasteiger partial charge in [-0.15, -0.1) is 0 Å². The van der Waals surface area contributed by atoms with Crippen molar-refractivity contribution >= 4 is 38.8 Å². The first kappa shape index (κ1) is 16.2. The summed E-state index contributed by atoms with van der Waals surface area (Å²) in [7, 11) is 0. The first-order valence-corrected chi connectivity index (χ1v) is 8.15. The molecule has 0 aromatic heterocycles. The van der Waals surface area contributed by atoms with Crippen molar-refractivity contribution < 1.29 is 9.90 Å². The quantitative estimate of drug-likeness (QED) is 0.521. The Morgan fingerprint density at radius 1 is 1.12 bits per heavy atom. The Morgan fingerprint density at radius 3 is 2.62 bits per heavy atom. The standard InChI is InChI=1S/C19H15BrN2O2/c1-12-2-4-13(5-3-12)19(24)22-21-11-17-16-8-7-15(20)10-14(16)6-9-18(17)23/h2-11,23H,1H3,(H,22,24)/b21-11-. The molecule has 0 heterocycles. The van der Waals surface area contributed by atoms with Crippen LogP contribution >= 0.6 is 15.9 Å². The van der Waals surface area contributed by atoms with E-state index in [9.17, 15) is 9.90 Å². The predicted molar refractivity (Wildman–Crippen MR) is 99.6 cm³/mol. The molecule has 0 unspecified atom stereocenters. The van der Waals surface area contributed by atoms with E-state index in [1.165, 1.54) is 6.21 Å². The van der Waals surface area contributed by atoms with Gasteiger partial charge >= 0.3 is 0 Å². The molecular formula is C19H15BrN2O2. The molecule has 120 valence electrons. The number of aromatic hydroxyl groups is 1. The van der Waals surface area contributed by atoms with Crippen LogP contribution in [0.2, 0.25) is 0 Å². The molecule has 0 aliphatic heterocycles. The van der Waals surface area contributed by atoms with Crippen LogP contribution in [0.4, 0.5) is 0 Å². The molecule has 4 nitrogen and oxygen atoms in total. The Morgan fingerprint density at radius 2 is 1.88 bits per heavy atom. The Labute approximate surface area is 148 Å². The molecule has 3 rings (SSSR count). The van der Waals surface area contributed by atoms with Crippen LogP contribution in [0.25, 0.3) is 10.8 Å². The topological polar surface area (TPSA) is 61.7 Å². The van der Waals surface area contributed by atoms with Crippen LogP contribution in [0.3, 0.4) is 0 Å². The fraction of sp³-hybridized carbons (Fsp3) is 0.0526. The van der Waals surface area contributed by atoms with E-state index in [2.05, 4.69) is 26.5 Å². The van der Waals surface area contributed by atoms with Crippen molar-refractivity contribution in [1.29, 1.82) is 0 Å². The number of rotatable bonds is 3. The van der Waals surface area contributed by atoms with E-state index in [4.69, 9.17) is 0 Å². The molecular weight excluding hydrogens is 368 g/mol. The molecule has 5 heteroatoms. The number of hydrazone groups is 1. The third-order valence-corrected chi connectivity index (χ3v) is 4.17. The van der Waals surface area contributed by atoms with Gasteiger partial charge in [-0.3, -0.25) is 4.79 Å². The second-order valence-corrected chi connectivity index (χ2v) is 6.34. The fourth-order valence-electron chi connectivity index (χ4n) is 2.37. The number of amides is 1. The minimum atomic E-state index is -0.297.